The summed E-state index contributed by atoms with van der Waals surface area (Å²) >= 11 is 0. The fraction of sp³-hybridized carbons (Fsp3) is 0.158. The molecule has 0 atom stereocenters. The maximum atomic E-state index is 2.54. The summed E-state index contributed by atoms with van der Waals surface area (Å²) in [7, 11) is 2.24. The van der Waals surface area contributed by atoms with Gasteiger partial charge in [-0.2, -0.15) is 0 Å². The lowest BCUT2D eigenvalue weighted by Gasteiger charge is -2.21. The van der Waals surface area contributed by atoms with Gasteiger partial charge >= 0.3 is 0 Å². The summed E-state index contributed by atoms with van der Waals surface area (Å²) in [4.78, 5) is 2.39. The van der Waals surface area contributed by atoms with Gasteiger partial charge in [0.2, 0.25) is 0 Å². The van der Waals surface area contributed by atoms with E-state index in [0.29, 0.717) is 0 Å². The molecule has 0 amide bonds. The number of hydrogen-bond acceptors (Lipinski definition) is 1. The minimum Gasteiger partial charge on any atom is -0.345 e. The monoisotopic (exact) mass is 739 g/mol. The van der Waals surface area contributed by atoms with Gasteiger partial charge in [0, 0.05) is 18.4 Å². The average molecular weight is 740 g/mol. The van der Waals surface area contributed by atoms with Crippen LogP contribution in [0.5, 0.6) is 0 Å². The van der Waals surface area contributed by atoms with Crippen molar-refractivity contribution in [3.05, 3.63) is 199 Å². The lowest BCUT2D eigenvalue weighted by molar-refractivity contribution is 1.17. The Morgan fingerprint density at radius 1 is 0.310 bits per heavy atom. The topological polar surface area (TPSA) is 3.24 Å². The van der Waals surface area contributed by atoms with Gasteiger partial charge in [-0.1, -0.05) is 84.9 Å². The molecule has 0 fully saturated rings. The van der Waals surface area contributed by atoms with Crippen LogP contribution in [0, 0.1) is 13.8 Å². The van der Waals surface area contributed by atoms with Gasteiger partial charge in [-0.25, -0.2) is 0 Å². The number of anilines is 2. The zero-order valence-corrected chi connectivity index (χ0v) is 33.2. The molecule has 0 saturated carbocycles. The predicted molar refractivity (Wildman–Crippen MR) is 240 cm³/mol. The molecule has 0 aliphatic heterocycles. The molecular formula is C57H41N. The smallest absolute Gasteiger partial charge is 0.0411 e. The first-order valence-electron chi connectivity index (χ1n) is 21.2. The summed E-state index contributed by atoms with van der Waals surface area (Å²) in [5.41, 5.74) is 40.6. The minimum absolute atomic E-state index is 0.998. The Kier molecular flexibility index (Phi) is 5.96. The van der Waals surface area contributed by atoms with E-state index in [1.54, 1.807) is 0 Å². The van der Waals surface area contributed by atoms with E-state index in [1.165, 1.54) is 156 Å². The molecule has 6 aliphatic carbocycles. The Morgan fingerprint density at radius 3 is 1.21 bits per heavy atom. The van der Waals surface area contributed by atoms with Crippen LogP contribution >= 0.6 is 0 Å². The molecule has 58 heavy (non-hydrogen) atoms. The highest BCUT2D eigenvalue weighted by Gasteiger charge is 2.34. The molecule has 0 aromatic heterocycles. The van der Waals surface area contributed by atoms with Crippen LogP contribution in [0.3, 0.4) is 0 Å². The number of nitrogens with zero attached hydrogens (tertiary/aromatic N) is 1. The third-order valence-corrected chi connectivity index (χ3v) is 15.0. The molecule has 1 nitrogen and oxygen atoms in total. The average Bonchev–Trinajstić information content (AvgIpc) is 4.08. The number of aryl methyl sites for hydroxylation is 2. The largest absolute Gasteiger partial charge is 0.345 e. The van der Waals surface area contributed by atoms with Gasteiger partial charge < -0.3 is 4.90 Å². The van der Waals surface area contributed by atoms with Crippen LogP contribution in [0.15, 0.2) is 121 Å². The van der Waals surface area contributed by atoms with Gasteiger partial charge in [0.25, 0.3) is 0 Å². The second-order valence-electron chi connectivity index (χ2n) is 18.1. The van der Waals surface area contributed by atoms with E-state index >= 15 is 0 Å². The second-order valence-corrected chi connectivity index (χ2v) is 18.1. The molecule has 0 N–H and O–H groups in total. The zero-order chi connectivity index (χ0) is 38.1. The number of fused-ring (bicyclic) bond motifs is 20. The third-order valence-electron chi connectivity index (χ3n) is 15.0. The molecule has 0 radical (unpaired) electrons. The molecule has 0 heterocycles. The third kappa shape index (κ3) is 4.06. The highest BCUT2D eigenvalue weighted by Crippen LogP contribution is 2.55. The zero-order valence-electron chi connectivity index (χ0n) is 33.2. The van der Waals surface area contributed by atoms with Gasteiger partial charge in [-0.3, -0.25) is 0 Å². The maximum Gasteiger partial charge on any atom is 0.0411 e. The molecule has 8 aromatic carbocycles. The molecule has 274 valence electrons. The Labute approximate surface area is 340 Å². The van der Waals surface area contributed by atoms with E-state index in [1.807, 2.05) is 0 Å². The Morgan fingerprint density at radius 2 is 0.724 bits per heavy atom. The van der Waals surface area contributed by atoms with Gasteiger partial charge in [0.05, 0.1) is 0 Å². The first-order valence-corrected chi connectivity index (χ1v) is 21.2. The van der Waals surface area contributed by atoms with Crippen LogP contribution in [0.2, 0.25) is 0 Å². The van der Waals surface area contributed by atoms with Crippen molar-refractivity contribution in [2.45, 2.75) is 52.4 Å². The van der Waals surface area contributed by atoms with E-state index in [2.05, 4.69) is 147 Å². The van der Waals surface area contributed by atoms with Crippen molar-refractivity contribution >= 4 is 11.4 Å². The molecule has 8 aromatic rings. The van der Waals surface area contributed by atoms with E-state index in [9.17, 15) is 0 Å². The van der Waals surface area contributed by atoms with Crippen molar-refractivity contribution in [3.8, 4) is 66.8 Å². The van der Waals surface area contributed by atoms with Crippen LogP contribution in [0.25, 0.3) is 66.8 Å². The minimum atomic E-state index is 0.998. The number of benzene rings is 8. The fourth-order valence-corrected chi connectivity index (χ4v) is 12.3. The van der Waals surface area contributed by atoms with E-state index in [-0.39, 0.29) is 0 Å². The summed E-state index contributed by atoms with van der Waals surface area (Å²) in [5, 5.41) is 0. The summed E-state index contributed by atoms with van der Waals surface area (Å²) in [6, 6.07) is 47.6. The molecule has 1 heteroatoms. The summed E-state index contributed by atoms with van der Waals surface area (Å²) in [6.45, 7) is 4.63. The summed E-state index contributed by atoms with van der Waals surface area (Å²) in [6.07, 6.45) is 6.17. The van der Waals surface area contributed by atoms with Crippen molar-refractivity contribution < 1.29 is 0 Å². The fourth-order valence-electron chi connectivity index (χ4n) is 12.3. The quantitative estimate of drug-likeness (QED) is 0.171. The molecule has 6 aliphatic rings. The van der Waals surface area contributed by atoms with Crippen LogP contribution < -0.4 is 4.90 Å². The van der Waals surface area contributed by atoms with E-state index in [4.69, 9.17) is 0 Å². The van der Waals surface area contributed by atoms with Gasteiger partial charge in [0.1, 0.15) is 0 Å². The molecule has 0 saturated heterocycles. The van der Waals surface area contributed by atoms with Crippen LogP contribution in [0.4, 0.5) is 11.4 Å². The van der Waals surface area contributed by atoms with Crippen molar-refractivity contribution in [2.24, 2.45) is 0 Å². The Bertz CT molecular complexity index is 3040. The molecule has 0 unspecified atom stereocenters. The first kappa shape index (κ1) is 31.6. The summed E-state index contributed by atoms with van der Waals surface area (Å²) in [5.74, 6) is 0. The molecule has 0 spiro atoms. The first-order chi connectivity index (χ1) is 28.4. The van der Waals surface area contributed by atoms with E-state index in [0.717, 1.165) is 38.5 Å². The maximum absolute atomic E-state index is 2.54. The van der Waals surface area contributed by atoms with E-state index < -0.39 is 0 Å². The standard InChI is InChI=1S/C57H41N/c1-30-16-40-22-36-18-34-20-38-24-42(12-14-44(38)50(34)28-52(36)54(40)56-46-10-6-4-8-32(46)26-48(30)56)58(3)43-13-15-45-39(25-43)21-35-19-37-23-41-17-31(2)49-27-33-9-5-7-11-47(33)57(49)55(41)53(37)29-51(35)45/h4-19,24-25,28-29H,20-23,26-27H2,1-3H3. The highest BCUT2D eigenvalue weighted by molar-refractivity contribution is 6.00. The van der Waals surface area contributed by atoms with Crippen molar-refractivity contribution in [2.75, 3.05) is 11.9 Å². The summed E-state index contributed by atoms with van der Waals surface area (Å²) < 4.78 is 0. The number of rotatable bonds is 2. The molecule has 0 bridgehead atoms. The lowest BCUT2D eigenvalue weighted by Crippen LogP contribution is -2.10. The normalized spacial score (nSPS) is 14.4. The van der Waals surface area contributed by atoms with Gasteiger partial charge in [-0.05, 0) is 233 Å². The number of hydrogen-bond donors (Lipinski definition) is 0. The van der Waals surface area contributed by atoms with Crippen LogP contribution in [-0.4, -0.2) is 7.05 Å². The lowest BCUT2D eigenvalue weighted by atomic mass is 9.90. The van der Waals surface area contributed by atoms with Gasteiger partial charge in [0.15, 0.2) is 0 Å². The predicted octanol–water partition coefficient (Wildman–Crippen LogP) is 13.5. The Hall–Kier alpha value is -6.44. The highest BCUT2D eigenvalue weighted by atomic mass is 15.1. The molecule has 14 rings (SSSR count). The SMILES string of the molecule is Cc1cc2c(c3c1Cc1ccccc1-3)-c1cc3c(cc1C2)Cc1cc(N(C)c2ccc4c(c2)Cc2cc5c(cc2-4)-c2c(cc(C)c4c2-c2ccccc2C4)C5)ccc1-3. The van der Waals surface area contributed by atoms with Crippen LogP contribution in [-0.2, 0) is 38.5 Å². The Balaban J connectivity index is 0.790. The molecular weight excluding hydrogens is 699 g/mol. The van der Waals surface area contributed by atoms with Crippen molar-refractivity contribution in [1.82, 2.24) is 0 Å². The van der Waals surface area contributed by atoms with Crippen molar-refractivity contribution in [1.29, 1.82) is 0 Å². The van der Waals surface area contributed by atoms with Crippen LogP contribution in [0.1, 0.15) is 77.9 Å². The second kappa shape index (κ2) is 10.9. The van der Waals surface area contributed by atoms with Crippen molar-refractivity contribution in [3.63, 3.8) is 0 Å². The van der Waals surface area contributed by atoms with Gasteiger partial charge in [-0.15, -0.1) is 0 Å².